The smallest absolute Gasteiger partial charge is 0.137 e. The number of halogens is 1. The molecular weight excluding hydrogens is 415 g/mol. The van der Waals surface area contributed by atoms with Crippen molar-refractivity contribution in [1.29, 1.82) is 0 Å². The van der Waals surface area contributed by atoms with Crippen molar-refractivity contribution in [2.45, 2.75) is 44.2 Å². The van der Waals surface area contributed by atoms with E-state index >= 15 is 0 Å². The van der Waals surface area contributed by atoms with E-state index in [0.717, 1.165) is 73.8 Å². The molecule has 5 nitrogen and oxygen atoms in total. The van der Waals surface area contributed by atoms with Gasteiger partial charge in [0.05, 0.1) is 18.9 Å². The molecule has 1 saturated heterocycles. The summed E-state index contributed by atoms with van der Waals surface area (Å²) in [4.78, 5) is 11.9. The molecule has 1 aliphatic heterocycles. The van der Waals surface area contributed by atoms with Crippen LogP contribution in [0.3, 0.4) is 0 Å². The predicted molar refractivity (Wildman–Crippen MR) is 128 cm³/mol. The Hall–Kier alpha value is -2.83. The lowest BCUT2D eigenvalue weighted by atomic mass is 9.89. The topological polar surface area (TPSA) is 50.3 Å². The van der Waals surface area contributed by atoms with Gasteiger partial charge in [0, 0.05) is 37.2 Å². The third-order valence-electron chi connectivity index (χ3n) is 7.44. The number of nitrogens with zero attached hydrogens (tertiary/aromatic N) is 3. The van der Waals surface area contributed by atoms with Crippen molar-refractivity contribution in [3.63, 3.8) is 0 Å². The first kappa shape index (κ1) is 20.8. The fraction of sp³-hybridized carbons (Fsp3) is 0.407. The number of fused-ring (bicyclic) bond motifs is 3. The van der Waals surface area contributed by atoms with Gasteiger partial charge in [-0.3, -0.25) is 4.90 Å². The van der Waals surface area contributed by atoms with E-state index in [0.29, 0.717) is 12.1 Å². The maximum atomic E-state index is 13.4. The van der Waals surface area contributed by atoms with Crippen LogP contribution in [0.25, 0.3) is 22.3 Å². The fourth-order valence-corrected chi connectivity index (χ4v) is 5.64. The molecule has 0 atom stereocenters. The number of morpholine rings is 1. The lowest BCUT2D eigenvalue weighted by molar-refractivity contribution is 0.00791. The first-order valence-electron chi connectivity index (χ1n) is 12.1. The Labute approximate surface area is 194 Å². The zero-order valence-electron chi connectivity index (χ0n) is 18.8. The van der Waals surface area contributed by atoms with Crippen LogP contribution in [0, 0.1) is 5.82 Å². The van der Waals surface area contributed by atoms with Gasteiger partial charge in [0.1, 0.15) is 18.0 Å². The largest absolute Gasteiger partial charge is 0.379 e. The highest BCUT2D eigenvalue weighted by atomic mass is 19.1. The molecule has 2 heterocycles. The van der Waals surface area contributed by atoms with Crippen molar-refractivity contribution in [3.8, 4) is 22.3 Å². The number of nitrogens with one attached hydrogen (secondary N) is 1. The van der Waals surface area contributed by atoms with Crippen LogP contribution >= 0.6 is 0 Å². The summed E-state index contributed by atoms with van der Waals surface area (Å²) in [5, 5.41) is 3.77. The lowest BCUT2D eigenvalue weighted by Crippen LogP contribution is -2.46. The van der Waals surface area contributed by atoms with E-state index in [-0.39, 0.29) is 5.82 Å². The second kappa shape index (κ2) is 8.84. The molecule has 33 heavy (non-hydrogen) atoms. The number of hydrogen-bond donors (Lipinski definition) is 1. The molecule has 0 amide bonds. The van der Waals surface area contributed by atoms with E-state index in [1.54, 1.807) is 6.33 Å². The van der Waals surface area contributed by atoms with E-state index in [1.807, 2.05) is 12.1 Å². The number of aromatic nitrogens is 2. The van der Waals surface area contributed by atoms with Gasteiger partial charge in [-0.05, 0) is 66.1 Å². The van der Waals surface area contributed by atoms with Crippen molar-refractivity contribution < 1.29 is 9.13 Å². The molecular formula is C27H29FN4O. The first-order valence-corrected chi connectivity index (χ1v) is 12.1. The van der Waals surface area contributed by atoms with Gasteiger partial charge in [-0.2, -0.15) is 0 Å². The average molecular weight is 445 g/mol. The van der Waals surface area contributed by atoms with Crippen molar-refractivity contribution >= 4 is 5.82 Å². The number of anilines is 1. The molecule has 6 rings (SSSR count). The van der Waals surface area contributed by atoms with Gasteiger partial charge < -0.3 is 10.1 Å². The Bertz CT molecular complexity index is 1140. The zero-order valence-corrected chi connectivity index (χ0v) is 18.8. The molecule has 0 bridgehead atoms. The van der Waals surface area contributed by atoms with Crippen molar-refractivity contribution in [1.82, 2.24) is 14.9 Å². The van der Waals surface area contributed by atoms with Gasteiger partial charge >= 0.3 is 0 Å². The number of ether oxygens (including phenoxy) is 1. The SMILES string of the molecule is Fc1ccc(-c2ccc3c(c2)-c2c(ncnc2NC2CCC(N4CCOCC4)CC2)C3)cc1. The van der Waals surface area contributed by atoms with Gasteiger partial charge in [0.2, 0.25) is 0 Å². The average Bonchev–Trinajstić information content (AvgIpc) is 3.24. The molecule has 3 aliphatic rings. The second-order valence-corrected chi connectivity index (χ2v) is 9.40. The minimum Gasteiger partial charge on any atom is -0.379 e. The summed E-state index contributed by atoms with van der Waals surface area (Å²) in [7, 11) is 0. The molecule has 6 heteroatoms. The molecule has 2 aliphatic carbocycles. The maximum Gasteiger partial charge on any atom is 0.137 e. The summed E-state index contributed by atoms with van der Waals surface area (Å²) in [6, 6.07) is 14.3. The van der Waals surface area contributed by atoms with Crippen LogP contribution in [0.15, 0.2) is 48.8 Å². The molecule has 0 spiro atoms. The van der Waals surface area contributed by atoms with Crippen LogP contribution in [0.5, 0.6) is 0 Å². The van der Waals surface area contributed by atoms with Gasteiger partial charge in [0.25, 0.3) is 0 Å². The highest BCUT2D eigenvalue weighted by Crippen LogP contribution is 2.42. The van der Waals surface area contributed by atoms with Crippen LogP contribution in [0.1, 0.15) is 36.9 Å². The summed E-state index contributed by atoms with van der Waals surface area (Å²) in [6.07, 6.45) is 7.27. The molecule has 170 valence electrons. The van der Waals surface area contributed by atoms with Crippen LogP contribution in [0.4, 0.5) is 10.2 Å². The van der Waals surface area contributed by atoms with Gasteiger partial charge in [0.15, 0.2) is 0 Å². The van der Waals surface area contributed by atoms with Crippen molar-refractivity contribution in [2.24, 2.45) is 0 Å². The lowest BCUT2D eigenvalue weighted by Gasteiger charge is -2.39. The Morgan fingerprint density at radius 3 is 2.45 bits per heavy atom. The monoisotopic (exact) mass is 444 g/mol. The summed E-state index contributed by atoms with van der Waals surface area (Å²) >= 11 is 0. The predicted octanol–water partition coefficient (Wildman–Crippen LogP) is 4.91. The summed E-state index contributed by atoms with van der Waals surface area (Å²) in [6.45, 7) is 3.86. The third kappa shape index (κ3) is 4.13. The zero-order chi connectivity index (χ0) is 22.2. The summed E-state index contributed by atoms with van der Waals surface area (Å²) in [5.41, 5.74) is 6.78. The number of benzene rings is 2. The normalized spacial score (nSPS) is 22.6. The van der Waals surface area contributed by atoms with Gasteiger partial charge in [-0.1, -0.05) is 24.3 Å². The first-order chi connectivity index (χ1) is 16.2. The number of hydrogen-bond acceptors (Lipinski definition) is 5. The Morgan fingerprint density at radius 1 is 0.909 bits per heavy atom. The molecule has 3 aromatic rings. The molecule has 0 radical (unpaired) electrons. The van der Waals surface area contributed by atoms with Crippen LogP contribution in [-0.2, 0) is 11.2 Å². The quantitative estimate of drug-likeness (QED) is 0.485. The molecule has 2 fully saturated rings. The molecule has 1 aromatic heterocycles. The highest BCUT2D eigenvalue weighted by Gasteiger charge is 2.29. The molecule has 1 saturated carbocycles. The van der Waals surface area contributed by atoms with E-state index in [2.05, 4.69) is 38.4 Å². The van der Waals surface area contributed by atoms with Gasteiger partial charge in [-0.25, -0.2) is 14.4 Å². The van der Waals surface area contributed by atoms with Gasteiger partial charge in [-0.15, -0.1) is 0 Å². The van der Waals surface area contributed by atoms with Crippen molar-refractivity contribution in [3.05, 3.63) is 65.9 Å². The fourth-order valence-electron chi connectivity index (χ4n) is 5.64. The summed E-state index contributed by atoms with van der Waals surface area (Å²) in [5.74, 6) is 0.735. The van der Waals surface area contributed by atoms with E-state index in [4.69, 9.17) is 4.74 Å². The third-order valence-corrected chi connectivity index (χ3v) is 7.44. The standard InChI is InChI=1S/C27H29FN4O/c28-21-5-3-18(4-6-21)19-1-2-20-16-25-26(24(20)15-19)27(30-17-29-25)31-22-7-9-23(10-8-22)32-11-13-33-14-12-32/h1-6,15,17,22-23H,7-14,16H2,(H,29,30,31). The molecule has 1 N–H and O–H groups in total. The highest BCUT2D eigenvalue weighted by molar-refractivity contribution is 5.86. The minimum absolute atomic E-state index is 0.214. The maximum absolute atomic E-state index is 13.4. The molecule has 2 aromatic carbocycles. The van der Waals surface area contributed by atoms with E-state index in [1.165, 1.54) is 36.1 Å². The van der Waals surface area contributed by atoms with Crippen molar-refractivity contribution in [2.75, 3.05) is 31.6 Å². The molecule has 0 unspecified atom stereocenters. The second-order valence-electron chi connectivity index (χ2n) is 9.40. The van der Waals surface area contributed by atoms with Crippen LogP contribution in [-0.4, -0.2) is 53.3 Å². The van der Waals surface area contributed by atoms with Crippen LogP contribution in [0.2, 0.25) is 0 Å². The van der Waals surface area contributed by atoms with E-state index < -0.39 is 0 Å². The minimum atomic E-state index is -0.214. The Morgan fingerprint density at radius 2 is 1.67 bits per heavy atom. The summed E-state index contributed by atoms with van der Waals surface area (Å²) < 4.78 is 18.9. The number of rotatable bonds is 4. The Balaban J connectivity index is 1.22. The van der Waals surface area contributed by atoms with E-state index in [9.17, 15) is 4.39 Å². The van der Waals surface area contributed by atoms with Crippen LogP contribution < -0.4 is 5.32 Å². The Kier molecular flexibility index (Phi) is 5.56.